The maximum atomic E-state index is 13.7. The average Bonchev–Trinajstić information content (AvgIpc) is 2.93. The third-order valence-electron chi connectivity index (χ3n) is 8.07. The van der Waals surface area contributed by atoms with Crippen LogP contribution in [0.15, 0.2) is 41.2 Å². The van der Waals surface area contributed by atoms with Crippen molar-refractivity contribution in [3.05, 3.63) is 69.0 Å². The van der Waals surface area contributed by atoms with Crippen LogP contribution in [0.3, 0.4) is 0 Å². The number of aromatic amines is 1. The van der Waals surface area contributed by atoms with Gasteiger partial charge >= 0.3 is 12.1 Å². The molecule has 2 heterocycles. The second kappa shape index (κ2) is 13.7. The number of anilines is 1. The smallest absolute Gasteiger partial charge is 0.410 e. The maximum absolute atomic E-state index is 13.7. The minimum Gasteiger partial charge on any atom is -0.494 e. The van der Waals surface area contributed by atoms with Gasteiger partial charge in [0.25, 0.3) is 5.56 Å². The second-order valence-corrected chi connectivity index (χ2v) is 12.4. The third-order valence-corrected chi connectivity index (χ3v) is 8.07. The first-order chi connectivity index (χ1) is 20.8. The number of likely N-dealkylation sites (tertiary alicyclic amines) is 1. The monoisotopic (exact) mass is 605 g/mol. The lowest BCUT2D eigenvalue weighted by atomic mass is 9.97. The lowest BCUT2D eigenvalue weighted by Gasteiger charge is -2.45. The first-order valence-electron chi connectivity index (χ1n) is 15.5. The van der Waals surface area contributed by atoms with Gasteiger partial charge in [-0.3, -0.25) is 9.69 Å². The topological polar surface area (TPSA) is 107 Å². The number of fused-ring (bicyclic) bond motifs is 1. The molecule has 3 aromatic rings. The number of ether oxygens (including phenoxy) is 2. The molecule has 0 spiro atoms. The number of nitrogens with zero attached hydrogens (tertiary/aromatic N) is 3. The molecule has 0 unspecified atom stereocenters. The number of rotatable bonds is 10. The summed E-state index contributed by atoms with van der Waals surface area (Å²) in [6, 6.07) is 10.5. The average molecular weight is 606 g/mol. The molecule has 0 bridgehead atoms. The normalized spacial score (nSPS) is 13.6. The van der Waals surface area contributed by atoms with Gasteiger partial charge in [0.15, 0.2) is 0 Å². The molecule has 3 amide bonds. The van der Waals surface area contributed by atoms with E-state index in [9.17, 15) is 14.4 Å². The number of hydrogen-bond donors (Lipinski definition) is 2. The Hall–Kier alpha value is -4.05. The molecular weight excluding hydrogens is 558 g/mol. The molecule has 4 rings (SSSR count). The Morgan fingerprint density at radius 1 is 1.02 bits per heavy atom. The number of amides is 3. The fraction of sp³-hybridized carbons (Fsp3) is 0.500. The van der Waals surface area contributed by atoms with Crippen LogP contribution in [-0.4, -0.2) is 76.2 Å². The highest BCUT2D eigenvalue weighted by atomic mass is 16.6. The number of aromatic nitrogens is 1. The number of nitrogens with one attached hydrogen (secondary N) is 2. The van der Waals surface area contributed by atoms with Crippen molar-refractivity contribution in [1.82, 2.24) is 19.7 Å². The molecule has 1 saturated heterocycles. The number of pyridine rings is 1. The van der Waals surface area contributed by atoms with Crippen molar-refractivity contribution in [2.24, 2.45) is 0 Å². The minimum atomic E-state index is -0.618. The molecule has 1 aliphatic rings. The maximum Gasteiger partial charge on any atom is 0.410 e. The molecule has 0 saturated carbocycles. The highest BCUT2D eigenvalue weighted by Gasteiger charge is 2.39. The summed E-state index contributed by atoms with van der Waals surface area (Å²) < 4.78 is 11.0. The zero-order valence-corrected chi connectivity index (χ0v) is 27.4. The summed E-state index contributed by atoms with van der Waals surface area (Å²) >= 11 is 0. The molecule has 2 aromatic carbocycles. The van der Waals surface area contributed by atoms with E-state index in [4.69, 9.17) is 9.47 Å². The van der Waals surface area contributed by atoms with Crippen LogP contribution in [0.25, 0.3) is 10.9 Å². The molecule has 0 atom stereocenters. The van der Waals surface area contributed by atoms with Gasteiger partial charge in [0, 0.05) is 30.9 Å². The summed E-state index contributed by atoms with van der Waals surface area (Å²) in [7, 11) is 0. The molecule has 10 heteroatoms. The van der Waals surface area contributed by atoms with Crippen LogP contribution in [0.5, 0.6) is 5.75 Å². The molecule has 1 aliphatic heterocycles. The van der Waals surface area contributed by atoms with Crippen LogP contribution >= 0.6 is 0 Å². The SMILES string of the molecule is CCOc1ccc(NC(=O)N(Cc2cc3cc(C)c(CN(CC)CC)c(C)c3[nH]c2=O)C2CN(C(=O)OC(C)(C)C)C2)cc1. The van der Waals surface area contributed by atoms with E-state index in [1.165, 1.54) is 5.56 Å². The van der Waals surface area contributed by atoms with Gasteiger partial charge in [0.1, 0.15) is 11.4 Å². The highest BCUT2D eigenvalue weighted by Crippen LogP contribution is 2.27. The zero-order valence-electron chi connectivity index (χ0n) is 27.4. The van der Waals surface area contributed by atoms with Crippen LogP contribution in [-0.2, 0) is 17.8 Å². The van der Waals surface area contributed by atoms with Gasteiger partial charge in [0.2, 0.25) is 0 Å². The van der Waals surface area contributed by atoms with E-state index in [1.807, 2.05) is 33.8 Å². The Kier molecular flexibility index (Phi) is 10.2. The number of urea groups is 1. The summed E-state index contributed by atoms with van der Waals surface area (Å²) in [6.07, 6.45) is -0.421. The molecule has 238 valence electrons. The number of carbonyl (C=O) groups excluding carboxylic acids is 2. The first-order valence-corrected chi connectivity index (χ1v) is 15.5. The summed E-state index contributed by atoms with van der Waals surface area (Å²) in [6.45, 7) is 19.8. The van der Waals surface area contributed by atoms with Crippen molar-refractivity contribution >= 4 is 28.7 Å². The van der Waals surface area contributed by atoms with E-state index in [0.717, 1.165) is 41.7 Å². The van der Waals surface area contributed by atoms with Crippen LogP contribution in [0.1, 0.15) is 63.8 Å². The Morgan fingerprint density at radius 3 is 2.27 bits per heavy atom. The van der Waals surface area contributed by atoms with Crippen molar-refractivity contribution in [2.45, 2.75) is 80.1 Å². The molecule has 10 nitrogen and oxygen atoms in total. The molecule has 1 aromatic heterocycles. The predicted octanol–water partition coefficient (Wildman–Crippen LogP) is 6.04. The molecule has 1 fully saturated rings. The number of benzene rings is 2. The van der Waals surface area contributed by atoms with Crippen molar-refractivity contribution in [3.63, 3.8) is 0 Å². The third kappa shape index (κ3) is 7.72. The molecule has 44 heavy (non-hydrogen) atoms. The first kappa shape index (κ1) is 32.9. The summed E-state index contributed by atoms with van der Waals surface area (Å²) in [5.74, 6) is 0.711. The minimum absolute atomic E-state index is 0.0836. The van der Waals surface area contributed by atoms with Gasteiger partial charge < -0.3 is 29.6 Å². The van der Waals surface area contributed by atoms with Crippen molar-refractivity contribution in [3.8, 4) is 5.75 Å². The molecule has 0 aliphatic carbocycles. The van der Waals surface area contributed by atoms with E-state index in [0.29, 0.717) is 36.7 Å². The fourth-order valence-corrected chi connectivity index (χ4v) is 5.49. The Balaban J connectivity index is 1.61. The van der Waals surface area contributed by atoms with Gasteiger partial charge in [-0.1, -0.05) is 13.8 Å². The summed E-state index contributed by atoms with van der Waals surface area (Å²) in [4.78, 5) is 48.4. The van der Waals surface area contributed by atoms with Crippen LogP contribution in [0.4, 0.5) is 15.3 Å². The highest BCUT2D eigenvalue weighted by molar-refractivity contribution is 5.90. The van der Waals surface area contributed by atoms with Gasteiger partial charge in [0.05, 0.1) is 24.7 Å². The van der Waals surface area contributed by atoms with E-state index < -0.39 is 11.7 Å². The van der Waals surface area contributed by atoms with Crippen LogP contribution in [0, 0.1) is 13.8 Å². The largest absolute Gasteiger partial charge is 0.494 e. The number of H-pyrrole nitrogens is 1. The number of carbonyl (C=O) groups is 2. The van der Waals surface area contributed by atoms with Gasteiger partial charge in [-0.25, -0.2) is 9.59 Å². The predicted molar refractivity (Wildman–Crippen MR) is 174 cm³/mol. The van der Waals surface area contributed by atoms with Gasteiger partial charge in [-0.2, -0.15) is 0 Å². The molecule has 2 N–H and O–H groups in total. The molecule has 0 radical (unpaired) electrons. The van der Waals surface area contributed by atoms with Crippen molar-refractivity contribution in [2.75, 3.05) is 38.1 Å². The quantitative estimate of drug-likeness (QED) is 0.292. The van der Waals surface area contributed by atoms with E-state index in [-0.39, 0.29) is 24.2 Å². The van der Waals surface area contributed by atoms with Gasteiger partial charge in [-0.15, -0.1) is 0 Å². The Labute approximate surface area is 260 Å². The van der Waals surface area contributed by atoms with Crippen molar-refractivity contribution < 1.29 is 19.1 Å². The van der Waals surface area contributed by atoms with E-state index in [1.54, 1.807) is 34.1 Å². The standard InChI is InChI=1S/C34H47N5O5/c1-9-37(10-2)21-29-22(4)16-24-17-25(31(40)36-30(24)23(29)5)18-39(27-19-38(20-27)33(42)44-34(6,7)8)32(41)35-26-12-14-28(15-13-26)43-11-3/h12-17,27H,9-11,18-21H2,1-8H3,(H,35,41)(H,36,40). The zero-order chi connectivity index (χ0) is 32.2. The van der Waals surface area contributed by atoms with Crippen LogP contribution < -0.4 is 15.6 Å². The lowest BCUT2D eigenvalue weighted by Crippen LogP contribution is -2.63. The summed E-state index contributed by atoms with van der Waals surface area (Å²) in [5, 5.41) is 3.88. The fourth-order valence-electron chi connectivity index (χ4n) is 5.49. The molecular formula is C34H47N5O5. The number of hydrogen-bond acceptors (Lipinski definition) is 6. The second-order valence-electron chi connectivity index (χ2n) is 12.4. The van der Waals surface area contributed by atoms with E-state index >= 15 is 0 Å². The Morgan fingerprint density at radius 2 is 1.68 bits per heavy atom. The number of aryl methyl sites for hydroxylation is 2. The summed E-state index contributed by atoms with van der Waals surface area (Å²) in [5.41, 5.74) is 4.49. The van der Waals surface area contributed by atoms with Crippen molar-refractivity contribution in [1.29, 1.82) is 0 Å². The Bertz CT molecular complexity index is 1530. The van der Waals surface area contributed by atoms with E-state index in [2.05, 4.69) is 49.0 Å². The van der Waals surface area contributed by atoms with Gasteiger partial charge in [-0.05, 0) is 113 Å². The van der Waals surface area contributed by atoms with Crippen LogP contribution in [0.2, 0.25) is 0 Å². The lowest BCUT2D eigenvalue weighted by molar-refractivity contribution is -0.00874.